The number of thiazole rings is 1. The fraction of sp³-hybridized carbons (Fsp3) is 0.389. The van der Waals surface area contributed by atoms with Crippen LogP contribution in [0.3, 0.4) is 0 Å². The Balaban J connectivity index is 0.00000280. The van der Waals surface area contributed by atoms with Gasteiger partial charge in [0.1, 0.15) is 5.75 Å². The molecule has 1 atom stereocenters. The number of fused-ring (bicyclic) bond motifs is 1. The van der Waals surface area contributed by atoms with E-state index in [-0.39, 0.29) is 23.7 Å². The Hall–Kier alpha value is -1.97. The second-order valence-corrected chi connectivity index (χ2v) is 8.75. The summed E-state index contributed by atoms with van der Waals surface area (Å²) in [6.45, 7) is 2.64. The zero-order valence-corrected chi connectivity index (χ0v) is 18.0. The lowest BCUT2D eigenvalue weighted by Crippen LogP contribution is -2.31. The second kappa shape index (κ2) is 9.99. The molecular weight excluding hydrogens is 422 g/mol. The number of rotatable bonds is 6. The topological polar surface area (TPSA) is 88.6 Å². The van der Waals surface area contributed by atoms with Gasteiger partial charge < -0.3 is 9.64 Å². The number of aromatic nitrogens is 1. The number of nitrogens with zero attached hydrogens (tertiary/aromatic N) is 2. The second-order valence-electron chi connectivity index (χ2n) is 6.21. The molecule has 1 N–H and O–H groups in total. The van der Waals surface area contributed by atoms with Crippen LogP contribution in [0.5, 0.6) is 5.75 Å². The largest absolute Gasteiger partial charge is 0.414 e. The van der Waals surface area contributed by atoms with Crippen molar-refractivity contribution < 1.29 is 18.5 Å². The molecule has 0 saturated carbocycles. The van der Waals surface area contributed by atoms with Gasteiger partial charge in [-0.1, -0.05) is 25.5 Å². The maximum absolute atomic E-state index is 12.6. The third kappa shape index (κ3) is 5.30. The van der Waals surface area contributed by atoms with Gasteiger partial charge in [-0.25, -0.2) is 9.78 Å². The maximum Gasteiger partial charge on any atom is 0.414 e. The van der Waals surface area contributed by atoms with E-state index in [0.717, 1.165) is 23.4 Å². The Morgan fingerprint density at radius 1 is 1.32 bits per heavy atom. The van der Waals surface area contributed by atoms with Crippen molar-refractivity contribution in [2.75, 3.05) is 18.9 Å². The highest BCUT2D eigenvalue weighted by atomic mass is 35.5. The van der Waals surface area contributed by atoms with Gasteiger partial charge in [0, 0.05) is 29.3 Å². The number of benzene rings is 1. The Bertz CT molecular complexity index is 862. The monoisotopic (exact) mass is 443 g/mol. The number of para-hydroxylation sites is 1. The van der Waals surface area contributed by atoms with Crippen LogP contribution in [0.15, 0.2) is 24.3 Å². The summed E-state index contributed by atoms with van der Waals surface area (Å²) in [6, 6.07) is 6.60. The number of carbonyl (C=O) groups excluding carboxylic acids is 2. The molecule has 1 aromatic heterocycles. The van der Waals surface area contributed by atoms with E-state index in [1.165, 1.54) is 16.2 Å². The van der Waals surface area contributed by atoms with E-state index in [0.29, 0.717) is 23.2 Å². The van der Waals surface area contributed by atoms with E-state index >= 15 is 0 Å². The minimum atomic E-state index is -0.890. The fourth-order valence-corrected chi connectivity index (χ4v) is 5.17. The van der Waals surface area contributed by atoms with Crippen LogP contribution in [-0.2, 0) is 22.3 Å². The van der Waals surface area contributed by atoms with Crippen LogP contribution in [0.1, 0.15) is 40.7 Å². The zero-order valence-electron chi connectivity index (χ0n) is 15.6. The normalized spacial score (nSPS) is 14.7. The van der Waals surface area contributed by atoms with Crippen molar-refractivity contribution in [3.8, 4) is 5.75 Å². The van der Waals surface area contributed by atoms with E-state index in [4.69, 9.17) is 4.74 Å². The summed E-state index contributed by atoms with van der Waals surface area (Å²) in [5.41, 5.74) is 1.04. The molecule has 0 bridgehead atoms. The molecule has 2 aromatic rings. The Labute approximate surface area is 176 Å². The number of halogens is 1. The summed E-state index contributed by atoms with van der Waals surface area (Å²) in [4.78, 5) is 31.6. The maximum atomic E-state index is 12.6. The van der Waals surface area contributed by atoms with Crippen molar-refractivity contribution in [1.82, 2.24) is 9.88 Å². The highest BCUT2D eigenvalue weighted by Crippen LogP contribution is 2.31. The van der Waals surface area contributed by atoms with E-state index < -0.39 is 22.8 Å². The lowest BCUT2D eigenvalue weighted by Gasteiger charge is -2.17. The van der Waals surface area contributed by atoms with Crippen LogP contribution in [0.25, 0.3) is 0 Å². The smallest absolute Gasteiger partial charge is 0.409 e. The molecule has 3 rings (SSSR count). The minimum Gasteiger partial charge on any atom is -0.409 e. The van der Waals surface area contributed by atoms with Crippen molar-refractivity contribution in [3.63, 3.8) is 0 Å². The van der Waals surface area contributed by atoms with Crippen molar-refractivity contribution in [2.45, 2.75) is 31.3 Å². The molecule has 0 saturated heterocycles. The van der Waals surface area contributed by atoms with Crippen LogP contribution in [0.2, 0.25) is 0 Å². The average Bonchev–Trinajstić information content (AvgIpc) is 3.16. The Morgan fingerprint density at radius 3 is 2.79 bits per heavy atom. The first-order valence-corrected chi connectivity index (χ1v) is 10.9. The number of hydrogen-bond donors (Lipinski definition) is 1. The first-order chi connectivity index (χ1) is 13.0. The van der Waals surface area contributed by atoms with Crippen molar-refractivity contribution in [2.24, 2.45) is 0 Å². The molecule has 0 radical (unpaired) electrons. The van der Waals surface area contributed by atoms with Gasteiger partial charge in [-0.15, -0.1) is 23.7 Å². The van der Waals surface area contributed by atoms with Crippen LogP contribution >= 0.6 is 23.7 Å². The Morgan fingerprint density at radius 2 is 2.07 bits per heavy atom. The predicted octanol–water partition coefficient (Wildman–Crippen LogP) is 3.81. The molecule has 0 fully saturated rings. The van der Waals surface area contributed by atoms with Gasteiger partial charge in [0.2, 0.25) is 0 Å². The number of hydrogen-bond acceptors (Lipinski definition) is 6. The predicted molar refractivity (Wildman–Crippen MR) is 113 cm³/mol. The molecule has 7 nitrogen and oxygen atoms in total. The average molecular weight is 444 g/mol. The first-order valence-electron chi connectivity index (χ1n) is 8.64. The number of nitrogens with one attached hydrogen (secondary N) is 1. The molecule has 1 aliphatic rings. The summed E-state index contributed by atoms with van der Waals surface area (Å²) >= 11 is 1.33. The summed E-state index contributed by atoms with van der Waals surface area (Å²) in [5, 5.41) is 3.21. The lowest BCUT2D eigenvalue weighted by molar-refractivity contribution is 0.102. The molecule has 0 aliphatic carbocycles. The quantitative estimate of drug-likeness (QED) is 0.733. The van der Waals surface area contributed by atoms with E-state index in [1.54, 1.807) is 31.3 Å². The number of unbranched alkanes of at least 4 members (excludes halogenated alkanes) is 1. The third-order valence-corrected chi connectivity index (χ3v) is 6.48. The molecule has 28 heavy (non-hydrogen) atoms. The molecular formula is C18H22ClN3O4S2. The van der Waals surface area contributed by atoms with Gasteiger partial charge >= 0.3 is 6.09 Å². The molecule has 1 aliphatic heterocycles. The van der Waals surface area contributed by atoms with Gasteiger partial charge in [0.25, 0.3) is 5.91 Å². The lowest BCUT2D eigenvalue weighted by atomic mass is 10.2. The first kappa shape index (κ1) is 22.3. The molecule has 1 unspecified atom stereocenters. The standard InChI is InChI=1S/C18H21N3O4S2.ClH/c1-3-4-9-21(2)18(23)25-14-8-6-5-7-12(14)16(22)20-17-19-13-10-27(24)11-15(13)26-17;/h5-8H,3-4,9-11H2,1-2H3,(H,19,20,22);1H. The number of anilines is 1. The summed E-state index contributed by atoms with van der Waals surface area (Å²) < 4.78 is 16.9. The van der Waals surface area contributed by atoms with Crippen LogP contribution in [0, 0.1) is 0 Å². The van der Waals surface area contributed by atoms with Gasteiger partial charge in [0.05, 0.1) is 22.8 Å². The summed E-state index contributed by atoms with van der Waals surface area (Å²) in [7, 11) is 0.779. The number of carbonyl (C=O) groups is 2. The van der Waals surface area contributed by atoms with Gasteiger partial charge in [-0.05, 0) is 18.6 Å². The van der Waals surface area contributed by atoms with Crippen LogP contribution < -0.4 is 10.1 Å². The van der Waals surface area contributed by atoms with Gasteiger partial charge in [-0.3, -0.25) is 14.3 Å². The van der Waals surface area contributed by atoms with E-state index in [9.17, 15) is 13.8 Å². The van der Waals surface area contributed by atoms with Crippen molar-refractivity contribution in [1.29, 1.82) is 0 Å². The molecule has 152 valence electrons. The number of ether oxygens (including phenoxy) is 1. The van der Waals surface area contributed by atoms with Crippen molar-refractivity contribution in [3.05, 3.63) is 40.4 Å². The summed E-state index contributed by atoms with van der Waals surface area (Å²) in [5.74, 6) is 0.720. The van der Waals surface area contributed by atoms with Crippen LogP contribution in [0.4, 0.5) is 9.93 Å². The van der Waals surface area contributed by atoms with E-state index in [1.807, 2.05) is 6.92 Å². The highest BCUT2D eigenvalue weighted by Gasteiger charge is 2.24. The van der Waals surface area contributed by atoms with Crippen LogP contribution in [-0.4, -0.2) is 39.7 Å². The highest BCUT2D eigenvalue weighted by molar-refractivity contribution is 7.84. The molecule has 2 amide bonds. The zero-order chi connectivity index (χ0) is 19.4. The Kier molecular flexibility index (Phi) is 7.97. The summed E-state index contributed by atoms with van der Waals surface area (Å²) in [6.07, 6.45) is 1.36. The fourth-order valence-electron chi connectivity index (χ4n) is 2.58. The molecule has 10 heteroatoms. The van der Waals surface area contributed by atoms with Crippen molar-refractivity contribution >= 4 is 51.7 Å². The van der Waals surface area contributed by atoms with Gasteiger partial charge in [-0.2, -0.15) is 0 Å². The molecule has 2 heterocycles. The number of amides is 2. The molecule has 1 aromatic carbocycles. The third-order valence-electron chi connectivity index (χ3n) is 4.08. The van der Waals surface area contributed by atoms with Gasteiger partial charge in [0.15, 0.2) is 5.13 Å². The SMILES string of the molecule is CCCCN(C)C(=O)Oc1ccccc1C(=O)Nc1nc2c(s1)CS(=O)C2.Cl. The molecule has 0 spiro atoms. The van der Waals surface area contributed by atoms with E-state index in [2.05, 4.69) is 10.3 Å². The minimum absolute atomic E-state index is 0.